The van der Waals surface area contributed by atoms with E-state index in [9.17, 15) is 15.2 Å². The van der Waals surface area contributed by atoms with Gasteiger partial charge in [0.15, 0.2) is 0 Å². The summed E-state index contributed by atoms with van der Waals surface area (Å²) in [6.45, 7) is 12.3. The summed E-state index contributed by atoms with van der Waals surface area (Å²) < 4.78 is 0. The van der Waals surface area contributed by atoms with Gasteiger partial charge in [-0.1, -0.05) is 20.8 Å². The average Bonchev–Trinajstić information content (AvgIpc) is 3.33. The summed E-state index contributed by atoms with van der Waals surface area (Å²) in [4.78, 5) is 16.6. The lowest BCUT2D eigenvalue weighted by molar-refractivity contribution is -0.124. The molecule has 0 aromatic carbocycles. The minimum Gasteiger partial charge on any atom is -0.391 e. The lowest BCUT2D eigenvalue weighted by Gasteiger charge is -2.38. The molecule has 1 saturated heterocycles. The van der Waals surface area contributed by atoms with Gasteiger partial charge in [-0.3, -0.25) is 14.6 Å². The van der Waals surface area contributed by atoms with E-state index in [0.717, 1.165) is 39.0 Å². The third-order valence-electron chi connectivity index (χ3n) is 5.29. The minimum absolute atomic E-state index is 0.0610. The number of hydrogen-bond donors (Lipinski definition) is 2. The van der Waals surface area contributed by atoms with Crippen LogP contribution in [0, 0.1) is 22.7 Å². The fraction of sp³-hybridized carbons (Fsp3) is 0.889. The number of carbonyl (C=O) groups is 1. The lowest BCUT2D eigenvalue weighted by atomic mass is 9.89. The number of aliphatic hydroxyl groups excluding tert-OH is 1. The summed E-state index contributed by atoms with van der Waals surface area (Å²) in [7, 11) is 0. The van der Waals surface area contributed by atoms with Gasteiger partial charge in [-0.25, -0.2) is 0 Å². The molecular weight excluding hydrogens is 304 g/mol. The largest absolute Gasteiger partial charge is 0.391 e. The molecule has 24 heavy (non-hydrogen) atoms. The maximum Gasteiger partial charge on any atom is 0.235 e. The molecule has 0 bridgehead atoms. The normalized spacial score (nSPS) is 24.0. The van der Waals surface area contributed by atoms with Gasteiger partial charge in [0.25, 0.3) is 0 Å². The van der Waals surface area contributed by atoms with E-state index in [-0.39, 0.29) is 17.4 Å². The fourth-order valence-corrected chi connectivity index (χ4v) is 3.06. The number of nitrogens with zero attached hydrogens (tertiary/aromatic N) is 3. The van der Waals surface area contributed by atoms with E-state index in [2.05, 4.69) is 21.2 Å². The van der Waals surface area contributed by atoms with Crippen LogP contribution in [-0.2, 0) is 4.79 Å². The van der Waals surface area contributed by atoms with Gasteiger partial charge in [-0.15, -0.1) is 0 Å². The van der Waals surface area contributed by atoms with Gasteiger partial charge >= 0.3 is 0 Å². The van der Waals surface area contributed by atoms with Gasteiger partial charge in [0, 0.05) is 32.7 Å². The Morgan fingerprint density at radius 1 is 1.21 bits per heavy atom. The first-order valence-electron chi connectivity index (χ1n) is 8.99. The maximum atomic E-state index is 12.3. The van der Waals surface area contributed by atoms with Crippen LogP contribution in [0.1, 0.15) is 40.5 Å². The Morgan fingerprint density at radius 2 is 1.75 bits per heavy atom. The topological polar surface area (TPSA) is 79.6 Å². The Labute approximate surface area is 145 Å². The van der Waals surface area contributed by atoms with Crippen LogP contribution in [0.2, 0.25) is 0 Å². The van der Waals surface area contributed by atoms with Crippen molar-refractivity contribution >= 4 is 5.91 Å². The SMILES string of the molecule is CC(C)(C)[C@H](O)CN1CCN(CC(=O)N[C@](C)(C#N)C2CC2)CC1. The highest BCUT2D eigenvalue weighted by Crippen LogP contribution is 2.39. The van der Waals surface area contributed by atoms with Gasteiger partial charge in [0.1, 0.15) is 5.54 Å². The molecule has 1 heterocycles. The number of nitriles is 1. The van der Waals surface area contributed by atoms with E-state index < -0.39 is 5.54 Å². The highest BCUT2D eigenvalue weighted by atomic mass is 16.3. The molecule has 6 nitrogen and oxygen atoms in total. The number of piperazine rings is 1. The maximum absolute atomic E-state index is 12.3. The number of amides is 1. The number of hydrogen-bond acceptors (Lipinski definition) is 5. The van der Waals surface area contributed by atoms with E-state index >= 15 is 0 Å². The van der Waals surface area contributed by atoms with Crippen molar-refractivity contribution in [1.82, 2.24) is 15.1 Å². The summed E-state index contributed by atoms with van der Waals surface area (Å²) in [6.07, 6.45) is 1.71. The Balaban J connectivity index is 1.73. The zero-order chi connectivity index (χ0) is 18.0. The second kappa shape index (κ2) is 7.38. The van der Waals surface area contributed by atoms with E-state index in [1.54, 1.807) is 0 Å². The van der Waals surface area contributed by atoms with Crippen LogP contribution in [0.5, 0.6) is 0 Å². The molecule has 2 aliphatic rings. The lowest BCUT2D eigenvalue weighted by Crippen LogP contribution is -2.54. The molecule has 0 aromatic rings. The van der Waals surface area contributed by atoms with Gasteiger partial charge in [0.05, 0.1) is 18.7 Å². The molecule has 0 spiro atoms. The quantitative estimate of drug-likeness (QED) is 0.751. The van der Waals surface area contributed by atoms with Crippen LogP contribution in [0.25, 0.3) is 0 Å². The predicted molar refractivity (Wildman–Crippen MR) is 93.2 cm³/mol. The van der Waals surface area contributed by atoms with Crippen LogP contribution < -0.4 is 5.32 Å². The first-order chi connectivity index (χ1) is 11.1. The highest BCUT2D eigenvalue weighted by Gasteiger charge is 2.43. The van der Waals surface area contributed by atoms with Crippen molar-refractivity contribution in [3.63, 3.8) is 0 Å². The van der Waals surface area contributed by atoms with E-state index in [4.69, 9.17) is 0 Å². The summed E-state index contributed by atoms with van der Waals surface area (Å²) in [6, 6.07) is 2.26. The number of β-amino-alcohol motifs (C(OH)–C–C–N with tert-alkyl or cyclic N) is 1. The van der Waals surface area contributed by atoms with Gasteiger partial charge in [-0.2, -0.15) is 5.26 Å². The molecule has 1 amide bonds. The summed E-state index contributed by atoms with van der Waals surface area (Å²) >= 11 is 0. The number of nitrogens with one attached hydrogen (secondary N) is 1. The Hall–Kier alpha value is -1.16. The van der Waals surface area contributed by atoms with Crippen molar-refractivity contribution in [1.29, 1.82) is 5.26 Å². The van der Waals surface area contributed by atoms with E-state index in [0.29, 0.717) is 19.0 Å². The standard InChI is InChI=1S/C18H32N4O2/c1-17(2,3)15(23)11-21-7-9-22(10-8-21)12-16(24)20-18(4,13-19)14-5-6-14/h14-15,23H,5-12H2,1-4H3,(H,20,24)/t15-,18-/m1/s1. The first kappa shape index (κ1) is 19.2. The van der Waals surface area contributed by atoms with E-state index in [1.807, 2.05) is 27.7 Å². The van der Waals surface area contributed by atoms with E-state index in [1.165, 1.54) is 0 Å². The molecule has 1 aliphatic carbocycles. The molecule has 2 N–H and O–H groups in total. The van der Waals surface area contributed by atoms with Gasteiger partial charge in [-0.05, 0) is 31.1 Å². The fourth-order valence-electron chi connectivity index (χ4n) is 3.06. The molecule has 136 valence electrons. The second-order valence-corrected chi connectivity index (χ2v) is 8.60. The molecule has 0 unspecified atom stereocenters. The second-order valence-electron chi connectivity index (χ2n) is 8.60. The Kier molecular flexibility index (Phi) is 5.90. The van der Waals surface area contributed by atoms with Gasteiger partial charge < -0.3 is 10.4 Å². The molecule has 2 rings (SSSR count). The van der Waals surface area contributed by atoms with Crippen LogP contribution in [0.15, 0.2) is 0 Å². The third-order valence-corrected chi connectivity index (χ3v) is 5.29. The molecule has 0 radical (unpaired) electrons. The average molecular weight is 336 g/mol. The van der Waals surface area contributed by atoms with Crippen LogP contribution in [0.4, 0.5) is 0 Å². The van der Waals surface area contributed by atoms with Crippen molar-refractivity contribution in [2.24, 2.45) is 11.3 Å². The molecule has 6 heteroatoms. The van der Waals surface area contributed by atoms with Crippen LogP contribution in [-0.4, -0.2) is 71.7 Å². The minimum atomic E-state index is -0.713. The summed E-state index contributed by atoms with van der Waals surface area (Å²) in [5.41, 5.74) is -0.822. The Morgan fingerprint density at radius 3 is 2.21 bits per heavy atom. The molecule has 2 fully saturated rings. The monoisotopic (exact) mass is 336 g/mol. The molecule has 2 atom stereocenters. The number of aliphatic hydroxyl groups is 1. The van der Waals surface area contributed by atoms with Crippen molar-refractivity contribution in [2.75, 3.05) is 39.3 Å². The zero-order valence-corrected chi connectivity index (χ0v) is 15.5. The van der Waals surface area contributed by atoms with Crippen molar-refractivity contribution in [2.45, 2.75) is 52.2 Å². The molecule has 1 aliphatic heterocycles. The molecule has 1 saturated carbocycles. The van der Waals surface area contributed by atoms with Crippen molar-refractivity contribution in [3.05, 3.63) is 0 Å². The number of carbonyl (C=O) groups excluding carboxylic acids is 1. The molecule has 0 aromatic heterocycles. The Bertz CT molecular complexity index is 484. The third kappa shape index (κ3) is 5.17. The first-order valence-corrected chi connectivity index (χ1v) is 8.99. The van der Waals surface area contributed by atoms with Gasteiger partial charge in [0.2, 0.25) is 5.91 Å². The smallest absolute Gasteiger partial charge is 0.235 e. The summed E-state index contributed by atoms with van der Waals surface area (Å²) in [5.74, 6) is 0.247. The van der Waals surface area contributed by atoms with Crippen molar-refractivity contribution < 1.29 is 9.90 Å². The zero-order valence-electron chi connectivity index (χ0n) is 15.5. The van der Waals surface area contributed by atoms with Crippen LogP contribution >= 0.6 is 0 Å². The predicted octanol–water partition coefficient (Wildman–Crippen LogP) is 0.819. The molecular formula is C18H32N4O2. The highest BCUT2D eigenvalue weighted by molar-refractivity contribution is 5.79. The number of rotatable bonds is 6. The summed E-state index contributed by atoms with van der Waals surface area (Å²) in [5, 5.41) is 22.5. The van der Waals surface area contributed by atoms with Crippen molar-refractivity contribution in [3.8, 4) is 6.07 Å². The van der Waals surface area contributed by atoms with Crippen LogP contribution in [0.3, 0.4) is 0 Å².